The number of carbonyl (C=O) groups is 2. The standard InChI is InChI=1S/C20H16O3S2/c1-23-15-10-8-14(9-11-15)18(21)16-12-17(25-20(16)24-2)19(22)13-6-4-3-5-7-13/h3-12H,1-2H3. The van der Waals surface area contributed by atoms with Crippen molar-refractivity contribution < 1.29 is 14.3 Å². The first-order valence-corrected chi connectivity index (χ1v) is 9.64. The van der Waals surface area contributed by atoms with E-state index in [9.17, 15) is 9.59 Å². The molecule has 0 atom stereocenters. The molecule has 0 aliphatic rings. The van der Waals surface area contributed by atoms with Crippen LogP contribution in [0.2, 0.25) is 0 Å². The molecule has 0 spiro atoms. The maximum atomic E-state index is 12.8. The van der Waals surface area contributed by atoms with E-state index in [1.54, 1.807) is 49.6 Å². The smallest absolute Gasteiger partial charge is 0.203 e. The summed E-state index contributed by atoms with van der Waals surface area (Å²) >= 11 is 2.84. The lowest BCUT2D eigenvalue weighted by Gasteiger charge is -2.03. The molecule has 0 amide bonds. The molecule has 0 aliphatic heterocycles. The van der Waals surface area contributed by atoms with Crippen molar-refractivity contribution in [1.82, 2.24) is 0 Å². The highest BCUT2D eigenvalue weighted by Gasteiger charge is 2.21. The topological polar surface area (TPSA) is 43.4 Å². The first-order valence-electron chi connectivity index (χ1n) is 7.60. The molecular weight excluding hydrogens is 352 g/mol. The maximum absolute atomic E-state index is 12.8. The quantitative estimate of drug-likeness (QED) is 0.456. The third-order valence-electron chi connectivity index (χ3n) is 3.74. The van der Waals surface area contributed by atoms with Crippen LogP contribution in [0.3, 0.4) is 0 Å². The molecule has 0 saturated carbocycles. The van der Waals surface area contributed by atoms with Crippen LogP contribution in [-0.2, 0) is 0 Å². The molecule has 3 aromatic rings. The summed E-state index contributed by atoms with van der Waals surface area (Å²) < 4.78 is 5.97. The van der Waals surface area contributed by atoms with Crippen molar-refractivity contribution in [2.45, 2.75) is 4.21 Å². The van der Waals surface area contributed by atoms with E-state index in [1.807, 2.05) is 24.5 Å². The highest BCUT2D eigenvalue weighted by Crippen LogP contribution is 2.33. The van der Waals surface area contributed by atoms with Gasteiger partial charge < -0.3 is 4.74 Å². The van der Waals surface area contributed by atoms with Gasteiger partial charge in [0.05, 0.1) is 16.2 Å². The number of ketones is 2. The lowest BCUT2D eigenvalue weighted by molar-refractivity contribution is 0.103. The number of rotatable bonds is 6. The van der Waals surface area contributed by atoms with Crippen LogP contribution in [0.1, 0.15) is 31.2 Å². The monoisotopic (exact) mass is 368 g/mol. The molecule has 5 heteroatoms. The van der Waals surface area contributed by atoms with Crippen molar-refractivity contribution in [2.24, 2.45) is 0 Å². The summed E-state index contributed by atoms with van der Waals surface area (Å²) in [6.45, 7) is 0. The van der Waals surface area contributed by atoms with Gasteiger partial charge in [-0.05, 0) is 36.6 Å². The molecule has 0 N–H and O–H groups in total. The third-order valence-corrected chi connectivity index (χ3v) is 6.01. The van der Waals surface area contributed by atoms with Gasteiger partial charge in [0.2, 0.25) is 5.78 Å². The third kappa shape index (κ3) is 3.67. The van der Waals surface area contributed by atoms with Crippen LogP contribution in [0.25, 0.3) is 0 Å². The van der Waals surface area contributed by atoms with Gasteiger partial charge in [0.25, 0.3) is 0 Å². The highest BCUT2D eigenvalue weighted by atomic mass is 32.2. The Labute approximate surface area is 154 Å². The number of methoxy groups -OCH3 is 1. The Kier molecular flexibility index (Phi) is 5.36. The minimum atomic E-state index is -0.0876. The Morgan fingerprint density at radius 2 is 1.56 bits per heavy atom. The van der Waals surface area contributed by atoms with Crippen LogP contribution in [0.5, 0.6) is 5.75 Å². The van der Waals surface area contributed by atoms with E-state index in [2.05, 4.69) is 0 Å². The molecule has 0 fully saturated rings. The van der Waals surface area contributed by atoms with Crippen molar-refractivity contribution in [3.8, 4) is 5.75 Å². The Morgan fingerprint density at radius 3 is 2.16 bits per heavy atom. The molecule has 1 heterocycles. The average Bonchev–Trinajstić information content (AvgIpc) is 3.12. The van der Waals surface area contributed by atoms with Crippen molar-refractivity contribution in [2.75, 3.05) is 13.4 Å². The van der Waals surface area contributed by atoms with Crippen LogP contribution in [0.15, 0.2) is 64.9 Å². The zero-order valence-corrected chi connectivity index (χ0v) is 15.4. The average molecular weight is 368 g/mol. The molecule has 0 unspecified atom stereocenters. The fourth-order valence-corrected chi connectivity index (χ4v) is 4.25. The normalized spacial score (nSPS) is 10.5. The summed E-state index contributed by atoms with van der Waals surface area (Å²) in [7, 11) is 1.59. The summed E-state index contributed by atoms with van der Waals surface area (Å²) in [5, 5.41) is 0. The van der Waals surface area contributed by atoms with E-state index in [0.717, 1.165) is 4.21 Å². The number of thioether (sulfide) groups is 1. The predicted octanol–water partition coefficient (Wildman–Crippen LogP) is 4.94. The van der Waals surface area contributed by atoms with E-state index in [0.29, 0.717) is 27.3 Å². The van der Waals surface area contributed by atoms with E-state index in [4.69, 9.17) is 4.74 Å². The van der Waals surface area contributed by atoms with Gasteiger partial charge in [0, 0.05) is 16.7 Å². The van der Waals surface area contributed by atoms with Crippen LogP contribution < -0.4 is 4.74 Å². The van der Waals surface area contributed by atoms with Gasteiger partial charge in [-0.3, -0.25) is 9.59 Å². The first-order chi connectivity index (χ1) is 12.1. The van der Waals surface area contributed by atoms with Crippen LogP contribution >= 0.6 is 23.1 Å². The van der Waals surface area contributed by atoms with E-state index in [1.165, 1.54) is 23.1 Å². The van der Waals surface area contributed by atoms with Gasteiger partial charge in [0.15, 0.2) is 5.78 Å². The highest BCUT2D eigenvalue weighted by molar-refractivity contribution is 8.00. The Hall–Kier alpha value is -2.37. The summed E-state index contributed by atoms with van der Waals surface area (Å²) in [5.41, 5.74) is 1.77. The number of hydrogen-bond donors (Lipinski definition) is 0. The van der Waals surface area contributed by atoms with Crippen LogP contribution in [0.4, 0.5) is 0 Å². The lowest BCUT2D eigenvalue weighted by atomic mass is 10.0. The number of thiophene rings is 1. The summed E-state index contributed by atoms with van der Waals surface area (Å²) in [5.74, 6) is 0.553. The molecule has 0 bridgehead atoms. The first kappa shape index (κ1) is 17.5. The van der Waals surface area contributed by atoms with Crippen molar-refractivity contribution in [3.05, 3.63) is 82.2 Å². The molecule has 1 aromatic heterocycles. The van der Waals surface area contributed by atoms with Crippen LogP contribution in [-0.4, -0.2) is 24.9 Å². The lowest BCUT2D eigenvalue weighted by Crippen LogP contribution is -2.02. The number of hydrogen-bond acceptors (Lipinski definition) is 5. The largest absolute Gasteiger partial charge is 0.497 e. The van der Waals surface area contributed by atoms with Gasteiger partial charge in [0.1, 0.15) is 5.75 Å². The Morgan fingerprint density at radius 1 is 0.920 bits per heavy atom. The number of ether oxygens (including phenoxy) is 1. The van der Waals surface area contributed by atoms with Crippen molar-refractivity contribution in [3.63, 3.8) is 0 Å². The second-order valence-corrected chi connectivity index (χ2v) is 7.40. The molecule has 3 rings (SSSR count). The van der Waals surface area contributed by atoms with E-state index >= 15 is 0 Å². The van der Waals surface area contributed by atoms with Crippen molar-refractivity contribution >= 4 is 34.7 Å². The molecule has 25 heavy (non-hydrogen) atoms. The summed E-state index contributed by atoms with van der Waals surface area (Å²) in [6, 6.07) is 17.8. The second-order valence-electron chi connectivity index (χ2n) is 5.27. The molecule has 0 aliphatic carbocycles. The molecule has 0 saturated heterocycles. The molecule has 0 radical (unpaired) electrons. The van der Waals surface area contributed by atoms with Gasteiger partial charge in [-0.15, -0.1) is 23.1 Å². The predicted molar refractivity (Wildman–Crippen MR) is 102 cm³/mol. The maximum Gasteiger partial charge on any atom is 0.203 e. The minimum Gasteiger partial charge on any atom is -0.497 e. The minimum absolute atomic E-state index is 0.0605. The SMILES string of the molecule is COc1ccc(C(=O)c2cc(C(=O)c3ccccc3)sc2SC)cc1. The van der Waals surface area contributed by atoms with Gasteiger partial charge in [-0.1, -0.05) is 30.3 Å². The molecule has 126 valence electrons. The Bertz CT molecular complexity index is 896. The van der Waals surface area contributed by atoms with Gasteiger partial charge >= 0.3 is 0 Å². The van der Waals surface area contributed by atoms with Gasteiger partial charge in [-0.25, -0.2) is 0 Å². The van der Waals surface area contributed by atoms with E-state index in [-0.39, 0.29) is 11.6 Å². The van der Waals surface area contributed by atoms with Crippen LogP contribution in [0, 0.1) is 0 Å². The zero-order chi connectivity index (χ0) is 17.8. The van der Waals surface area contributed by atoms with E-state index < -0.39 is 0 Å². The zero-order valence-electron chi connectivity index (χ0n) is 13.8. The summed E-state index contributed by atoms with van der Waals surface area (Å²) in [4.78, 5) is 26.1. The second kappa shape index (κ2) is 7.68. The fourth-order valence-electron chi connectivity index (χ4n) is 2.43. The molecular formula is C20H16O3S2. The van der Waals surface area contributed by atoms with Crippen molar-refractivity contribution in [1.29, 1.82) is 0 Å². The molecule has 3 nitrogen and oxygen atoms in total. The fraction of sp³-hybridized carbons (Fsp3) is 0.100. The van der Waals surface area contributed by atoms with Gasteiger partial charge in [-0.2, -0.15) is 0 Å². The summed E-state index contributed by atoms with van der Waals surface area (Å²) in [6.07, 6.45) is 1.91. The Balaban J connectivity index is 1.95. The number of carbonyl (C=O) groups excluding carboxylic acids is 2. The number of benzene rings is 2. The molecule has 2 aromatic carbocycles.